The molecule has 0 aromatic rings. The summed E-state index contributed by atoms with van der Waals surface area (Å²) in [5.41, 5.74) is 6.22. The van der Waals surface area contributed by atoms with E-state index in [0.717, 1.165) is 45.2 Å². The van der Waals surface area contributed by atoms with Crippen molar-refractivity contribution in [2.24, 2.45) is 23.5 Å². The first-order valence-electron chi connectivity index (χ1n) is 7.73. The molecule has 1 saturated carbocycles. The van der Waals surface area contributed by atoms with Crippen molar-refractivity contribution in [1.29, 1.82) is 0 Å². The van der Waals surface area contributed by atoms with Gasteiger partial charge in [-0.2, -0.15) is 0 Å². The smallest absolute Gasteiger partial charge is 0.227 e. The predicted molar refractivity (Wildman–Crippen MR) is 75.5 cm³/mol. The number of hydrogen-bond acceptors (Lipinski definition) is 3. The van der Waals surface area contributed by atoms with Gasteiger partial charge in [0, 0.05) is 19.1 Å². The zero-order valence-electron chi connectivity index (χ0n) is 12.2. The molecule has 4 nitrogen and oxygen atoms in total. The maximum atomic E-state index is 12.6. The SMILES string of the molecule is CC(O)C1CCN(C(=O)C2CCCC(C)C2N)CC1. The fraction of sp³-hybridized carbons (Fsp3) is 0.933. The molecular formula is C15H28N2O2. The number of piperidine rings is 1. The van der Waals surface area contributed by atoms with Crippen molar-refractivity contribution in [3.05, 3.63) is 0 Å². The van der Waals surface area contributed by atoms with Gasteiger partial charge in [-0.25, -0.2) is 0 Å². The van der Waals surface area contributed by atoms with Gasteiger partial charge in [-0.05, 0) is 44.4 Å². The summed E-state index contributed by atoms with van der Waals surface area (Å²) in [4.78, 5) is 14.5. The highest BCUT2D eigenvalue weighted by Gasteiger charge is 2.36. The van der Waals surface area contributed by atoms with Crippen molar-refractivity contribution in [1.82, 2.24) is 4.90 Å². The van der Waals surface area contributed by atoms with E-state index in [-0.39, 0.29) is 24.0 Å². The van der Waals surface area contributed by atoms with E-state index in [4.69, 9.17) is 5.73 Å². The lowest BCUT2D eigenvalue weighted by Gasteiger charge is -2.39. The molecule has 4 atom stereocenters. The Kier molecular flexibility index (Phi) is 4.85. The lowest BCUT2D eigenvalue weighted by molar-refractivity contribution is -0.139. The van der Waals surface area contributed by atoms with E-state index >= 15 is 0 Å². The van der Waals surface area contributed by atoms with Crippen LogP contribution in [0.2, 0.25) is 0 Å². The minimum atomic E-state index is -0.255. The third-order valence-electron chi connectivity index (χ3n) is 5.15. The van der Waals surface area contributed by atoms with Crippen LogP contribution in [0.15, 0.2) is 0 Å². The molecular weight excluding hydrogens is 240 g/mol. The van der Waals surface area contributed by atoms with E-state index < -0.39 is 0 Å². The number of carbonyl (C=O) groups excluding carboxylic acids is 1. The van der Waals surface area contributed by atoms with Crippen molar-refractivity contribution >= 4 is 5.91 Å². The van der Waals surface area contributed by atoms with E-state index in [0.29, 0.717) is 11.8 Å². The van der Waals surface area contributed by atoms with Crippen molar-refractivity contribution in [2.45, 2.75) is 58.1 Å². The molecule has 4 unspecified atom stereocenters. The van der Waals surface area contributed by atoms with Gasteiger partial charge in [0.05, 0.1) is 12.0 Å². The molecule has 2 aliphatic rings. The molecule has 110 valence electrons. The van der Waals surface area contributed by atoms with Gasteiger partial charge >= 0.3 is 0 Å². The largest absolute Gasteiger partial charge is 0.393 e. The fourth-order valence-corrected chi connectivity index (χ4v) is 3.57. The highest BCUT2D eigenvalue weighted by atomic mass is 16.3. The molecule has 0 aromatic heterocycles. The van der Waals surface area contributed by atoms with Gasteiger partial charge in [0.1, 0.15) is 0 Å². The summed E-state index contributed by atoms with van der Waals surface area (Å²) < 4.78 is 0. The van der Waals surface area contributed by atoms with E-state index in [9.17, 15) is 9.90 Å². The van der Waals surface area contributed by atoms with Crippen LogP contribution < -0.4 is 5.73 Å². The summed E-state index contributed by atoms with van der Waals surface area (Å²) in [6.45, 7) is 5.57. The molecule has 19 heavy (non-hydrogen) atoms. The Hall–Kier alpha value is -0.610. The minimum Gasteiger partial charge on any atom is -0.393 e. The molecule has 1 heterocycles. The predicted octanol–water partition coefficient (Wildman–Crippen LogP) is 1.37. The second-order valence-corrected chi connectivity index (χ2v) is 6.50. The van der Waals surface area contributed by atoms with Crippen LogP contribution in [0.25, 0.3) is 0 Å². The van der Waals surface area contributed by atoms with Gasteiger partial charge in [-0.15, -0.1) is 0 Å². The number of carbonyl (C=O) groups is 1. The van der Waals surface area contributed by atoms with Gasteiger partial charge in [0.2, 0.25) is 5.91 Å². The van der Waals surface area contributed by atoms with Crippen molar-refractivity contribution < 1.29 is 9.90 Å². The lowest BCUT2D eigenvalue weighted by Crippen LogP contribution is -2.51. The molecule has 2 rings (SSSR count). The third-order valence-corrected chi connectivity index (χ3v) is 5.15. The Morgan fingerprint density at radius 3 is 2.47 bits per heavy atom. The Bertz CT molecular complexity index is 311. The number of likely N-dealkylation sites (tertiary alicyclic amines) is 1. The van der Waals surface area contributed by atoms with Crippen molar-refractivity contribution in [3.63, 3.8) is 0 Å². The van der Waals surface area contributed by atoms with Crippen molar-refractivity contribution in [3.8, 4) is 0 Å². The number of rotatable bonds is 2. The average Bonchev–Trinajstić information content (AvgIpc) is 2.41. The maximum absolute atomic E-state index is 12.6. The Labute approximate surface area is 116 Å². The Morgan fingerprint density at radius 2 is 1.89 bits per heavy atom. The number of aliphatic hydroxyl groups is 1. The Balaban J connectivity index is 1.90. The summed E-state index contributed by atoms with van der Waals surface area (Å²) in [7, 11) is 0. The van der Waals surface area contributed by atoms with Crippen LogP contribution >= 0.6 is 0 Å². The zero-order chi connectivity index (χ0) is 14.0. The molecule has 4 heteroatoms. The molecule has 0 spiro atoms. The van der Waals surface area contributed by atoms with Crippen LogP contribution in [0, 0.1) is 17.8 Å². The molecule has 1 saturated heterocycles. The first-order chi connectivity index (χ1) is 9.00. The highest BCUT2D eigenvalue weighted by molar-refractivity contribution is 5.79. The molecule has 0 radical (unpaired) electrons. The second-order valence-electron chi connectivity index (χ2n) is 6.50. The summed E-state index contributed by atoms with van der Waals surface area (Å²) in [5.74, 6) is 1.08. The van der Waals surface area contributed by atoms with Gasteiger partial charge in [-0.1, -0.05) is 13.3 Å². The number of aliphatic hydroxyl groups excluding tert-OH is 1. The maximum Gasteiger partial charge on any atom is 0.227 e. The molecule has 3 N–H and O–H groups in total. The monoisotopic (exact) mass is 268 g/mol. The van der Waals surface area contributed by atoms with E-state index in [1.54, 1.807) is 0 Å². The first kappa shape index (κ1) is 14.8. The second kappa shape index (κ2) is 6.23. The van der Waals surface area contributed by atoms with Crippen LogP contribution in [0.1, 0.15) is 46.0 Å². The van der Waals surface area contributed by atoms with Gasteiger partial charge in [0.25, 0.3) is 0 Å². The van der Waals surface area contributed by atoms with E-state index in [2.05, 4.69) is 6.92 Å². The number of amides is 1. The number of nitrogens with two attached hydrogens (primary N) is 1. The third kappa shape index (κ3) is 3.29. The molecule has 1 aliphatic heterocycles. The topological polar surface area (TPSA) is 66.6 Å². The lowest BCUT2D eigenvalue weighted by atomic mass is 9.77. The van der Waals surface area contributed by atoms with Crippen LogP contribution in [0.3, 0.4) is 0 Å². The molecule has 1 aliphatic carbocycles. The molecule has 2 fully saturated rings. The van der Waals surface area contributed by atoms with Crippen molar-refractivity contribution in [2.75, 3.05) is 13.1 Å². The minimum absolute atomic E-state index is 0.0202. The quantitative estimate of drug-likeness (QED) is 0.795. The standard InChI is InChI=1S/C15H28N2O2/c1-10-4-3-5-13(14(10)16)15(19)17-8-6-12(7-9-17)11(2)18/h10-14,18H,3-9,16H2,1-2H3. The number of hydrogen-bond donors (Lipinski definition) is 2. The first-order valence-corrected chi connectivity index (χ1v) is 7.73. The van der Waals surface area contributed by atoms with Crippen LogP contribution in [-0.4, -0.2) is 41.1 Å². The molecule has 0 aromatic carbocycles. The summed E-state index contributed by atoms with van der Waals surface area (Å²) in [6, 6.07) is 0.0238. The van der Waals surface area contributed by atoms with Gasteiger partial charge in [-0.3, -0.25) is 4.79 Å². The molecule has 0 bridgehead atoms. The van der Waals surface area contributed by atoms with Crippen LogP contribution in [0.4, 0.5) is 0 Å². The van der Waals surface area contributed by atoms with Gasteiger partial charge in [0.15, 0.2) is 0 Å². The van der Waals surface area contributed by atoms with Gasteiger partial charge < -0.3 is 15.7 Å². The zero-order valence-corrected chi connectivity index (χ0v) is 12.2. The Morgan fingerprint density at radius 1 is 1.26 bits per heavy atom. The summed E-state index contributed by atoms with van der Waals surface area (Å²) in [6.07, 6.45) is 4.79. The van der Waals surface area contributed by atoms with E-state index in [1.165, 1.54) is 0 Å². The average molecular weight is 268 g/mol. The van der Waals surface area contributed by atoms with Crippen LogP contribution in [-0.2, 0) is 4.79 Å². The van der Waals surface area contributed by atoms with E-state index in [1.807, 2.05) is 11.8 Å². The summed E-state index contributed by atoms with van der Waals surface area (Å²) in [5, 5.41) is 9.60. The summed E-state index contributed by atoms with van der Waals surface area (Å²) >= 11 is 0. The normalized spacial score (nSPS) is 35.2. The highest BCUT2D eigenvalue weighted by Crippen LogP contribution is 2.30. The fourth-order valence-electron chi connectivity index (χ4n) is 3.57. The molecule has 1 amide bonds. The van der Waals surface area contributed by atoms with Crippen LogP contribution in [0.5, 0.6) is 0 Å². The number of nitrogens with zero attached hydrogens (tertiary/aromatic N) is 1.